The van der Waals surface area contributed by atoms with E-state index < -0.39 is 18.4 Å². The molecule has 0 aliphatic rings. The van der Waals surface area contributed by atoms with Gasteiger partial charge in [-0.05, 0) is 30.6 Å². The normalized spacial score (nSPS) is 15.7. The molecule has 8 heteroatoms. The van der Waals surface area contributed by atoms with Gasteiger partial charge in [0.1, 0.15) is 6.54 Å². The van der Waals surface area contributed by atoms with E-state index in [0.717, 1.165) is 11.1 Å². The zero-order valence-electron chi connectivity index (χ0n) is 22.8. The molecule has 0 fully saturated rings. The number of nitrogens with one attached hydrogen (secondary N) is 2. The van der Waals surface area contributed by atoms with Crippen LogP contribution in [0.4, 0.5) is 0 Å². The zero-order chi connectivity index (χ0) is 28.3. The van der Waals surface area contributed by atoms with Crippen LogP contribution in [-0.2, 0) is 23.9 Å². The van der Waals surface area contributed by atoms with Crippen molar-refractivity contribution in [1.82, 2.24) is 10.6 Å². The monoisotopic (exact) mass is 524 g/mol. The van der Waals surface area contributed by atoms with Crippen LogP contribution in [0.15, 0.2) is 84.6 Å². The number of carboxylic acid groups (broad SMARTS) is 1. The summed E-state index contributed by atoms with van der Waals surface area (Å²) in [5.41, 5.74) is 1.89. The summed E-state index contributed by atoms with van der Waals surface area (Å²) in [6, 6.07) is 10.1. The fourth-order valence-corrected chi connectivity index (χ4v) is 3.73. The van der Waals surface area contributed by atoms with E-state index in [1.807, 2.05) is 55.5 Å². The van der Waals surface area contributed by atoms with Gasteiger partial charge in [-0.2, -0.15) is 0 Å². The third-order valence-electron chi connectivity index (χ3n) is 5.70. The van der Waals surface area contributed by atoms with Gasteiger partial charge in [0, 0.05) is 38.3 Å². The molecule has 0 aliphatic carbocycles. The molecule has 4 atom stereocenters. The van der Waals surface area contributed by atoms with Gasteiger partial charge in [-0.3, -0.25) is 14.4 Å². The number of rotatable bonds is 16. The van der Waals surface area contributed by atoms with Gasteiger partial charge in [-0.1, -0.05) is 80.6 Å². The molecule has 0 saturated heterocycles. The van der Waals surface area contributed by atoms with Crippen molar-refractivity contribution in [3.05, 3.63) is 90.2 Å². The molecule has 0 saturated carbocycles. The highest BCUT2D eigenvalue weighted by Gasteiger charge is 2.27. The molecule has 0 heterocycles. The maximum Gasteiger partial charge on any atom is 0.322 e. The minimum atomic E-state index is -1.11. The maximum absolute atomic E-state index is 12.1. The number of hydrogen-bond donors (Lipinski definition) is 3. The summed E-state index contributed by atoms with van der Waals surface area (Å²) in [6.45, 7) is 5.58. The van der Waals surface area contributed by atoms with E-state index in [1.165, 1.54) is 18.4 Å². The Morgan fingerprint density at radius 3 is 2.32 bits per heavy atom. The Morgan fingerprint density at radius 2 is 1.68 bits per heavy atom. The van der Waals surface area contributed by atoms with Gasteiger partial charge in [0.25, 0.3) is 0 Å². The quantitative estimate of drug-likeness (QED) is 0.220. The number of methoxy groups -OCH3 is 2. The highest BCUT2D eigenvalue weighted by molar-refractivity contribution is 5.90. The Labute approximate surface area is 225 Å². The number of carboxylic acids is 1. The third-order valence-corrected chi connectivity index (χ3v) is 5.70. The second kappa shape index (κ2) is 18.5. The van der Waals surface area contributed by atoms with E-state index in [0.29, 0.717) is 6.42 Å². The lowest BCUT2D eigenvalue weighted by atomic mass is 9.88. The summed E-state index contributed by atoms with van der Waals surface area (Å²) in [4.78, 5) is 33.9. The molecule has 0 bridgehead atoms. The van der Waals surface area contributed by atoms with Crippen molar-refractivity contribution < 1.29 is 29.0 Å². The van der Waals surface area contributed by atoms with Crippen molar-refractivity contribution in [2.75, 3.05) is 20.8 Å². The van der Waals surface area contributed by atoms with Crippen molar-refractivity contribution in [2.24, 2.45) is 11.8 Å². The molecule has 206 valence electrons. The van der Waals surface area contributed by atoms with E-state index in [4.69, 9.17) is 14.6 Å². The molecular weight excluding hydrogens is 484 g/mol. The SMILES string of the molecule is CO[C@H]([C@H](C)[C@H](/C=C/c1ccccc1)OC)[C@@H](C)/C=C/C(C)=C/C(=O)N/C=C\C/C=C\C(=O)NCC(=O)O. The molecule has 0 spiro atoms. The van der Waals surface area contributed by atoms with E-state index in [1.54, 1.807) is 26.4 Å². The molecule has 2 amide bonds. The smallest absolute Gasteiger partial charge is 0.322 e. The number of ether oxygens (including phenoxy) is 2. The van der Waals surface area contributed by atoms with Crippen molar-refractivity contribution in [2.45, 2.75) is 39.4 Å². The van der Waals surface area contributed by atoms with Crippen LogP contribution in [0.3, 0.4) is 0 Å². The van der Waals surface area contributed by atoms with Gasteiger partial charge in [0.2, 0.25) is 11.8 Å². The molecule has 0 radical (unpaired) electrons. The van der Waals surface area contributed by atoms with Crippen LogP contribution in [-0.4, -0.2) is 55.9 Å². The number of hydrogen-bond acceptors (Lipinski definition) is 5. The number of carbonyl (C=O) groups excluding carboxylic acids is 2. The molecule has 0 unspecified atom stereocenters. The minimum absolute atomic E-state index is 0.0727. The lowest BCUT2D eigenvalue weighted by Gasteiger charge is -2.30. The summed E-state index contributed by atoms with van der Waals surface area (Å²) < 4.78 is 11.5. The first-order valence-corrected chi connectivity index (χ1v) is 12.4. The lowest BCUT2D eigenvalue weighted by Crippen LogP contribution is -2.35. The number of carbonyl (C=O) groups is 3. The van der Waals surface area contributed by atoms with Crippen molar-refractivity contribution in [1.29, 1.82) is 0 Å². The number of aliphatic carboxylic acids is 1. The summed E-state index contributed by atoms with van der Waals surface area (Å²) in [6.07, 6.45) is 15.7. The van der Waals surface area contributed by atoms with E-state index in [-0.39, 0.29) is 30.0 Å². The first kappa shape index (κ1) is 32.3. The number of allylic oxidation sites excluding steroid dienone is 4. The second-order valence-corrected chi connectivity index (χ2v) is 8.80. The molecule has 1 aromatic rings. The first-order valence-electron chi connectivity index (χ1n) is 12.4. The molecule has 1 rings (SSSR count). The molecular formula is C30H40N2O6. The highest BCUT2D eigenvalue weighted by Crippen LogP contribution is 2.24. The van der Waals surface area contributed by atoms with Crippen LogP contribution in [0.2, 0.25) is 0 Å². The van der Waals surface area contributed by atoms with Crippen LogP contribution in [0.5, 0.6) is 0 Å². The average Bonchev–Trinajstić information content (AvgIpc) is 2.89. The fraction of sp³-hybridized carbons (Fsp3) is 0.367. The van der Waals surface area contributed by atoms with Crippen LogP contribution in [0, 0.1) is 11.8 Å². The summed E-state index contributed by atoms with van der Waals surface area (Å²) in [7, 11) is 3.39. The van der Waals surface area contributed by atoms with E-state index >= 15 is 0 Å². The summed E-state index contributed by atoms with van der Waals surface area (Å²) in [5, 5.41) is 13.4. The maximum atomic E-state index is 12.1. The van der Waals surface area contributed by atoms with Gasteiger partial charge in [-0.15, -0.1) is 0 Å². The Balaban J connectivity index is 2.59. The predicted molar refractivity (Wildman–Crippen MR) is 150 cm³/mol. The van der Waals surface area contributed by atoms with Gasteiger partial charge >= 0.3 is 5.97 Å². The van der Waals surface area contributed by atoms with Crippen molar-refractivity contribution in [3.63, 3.8) is 0 Å². The first-order chi connectivity index (χ1) is 18.2. The van der Waals surface area contributed by atoms with Crippen molar-refractivity contribution >= 4 is 23.9 Å². The predicted octanol–water partition coefficient (Wildman–Crippen LogP) is 4.28. The largest absolute Gasteiger partial charge is 0.480 e. The molecule has 3 N–H and O–H groups in total. The Bertz CT molecular complexity index is 1030. The Morgan fingerprint density at radius 1 is 0.974 bits per heavy atom. The zero-order valence-corrected chi connectivity index (χ0v) is 22.8. The minimum Gasteiger partial charge on any atom is -0.480 e. The van der Waals surface area contributed by atoms with Crippen LogP contribution in [0.25, 0.3) is 6.08 Å². The van der Waals surface area contributed by atoms with Crippen molar-refractivity contribution in [3.8, 4) is 0 Å². The highest BCUT2D eigenvalue weighted by atomic mass is 16.5. The second-order valence-electron chi connectivity index (χ2n) is 8.80. The average molecular weight is 525 g/mol. The number of amides is 2. The van der Waals surface area contributed by atoms with Gasteiger partial charge in [0.05, 0.1) is 12.2 Å². The Hall–Kier alpha value is -3.75. The molecule has 38 heavy (non-hydrogen) atoms. The van der Waals surface area contributed by atoms with E-state index in [2.05, 4.69) is 30.6 Å². The third kappa shape index (κ3) is 13.5. The van der Waals surface area contributed by atoms with Gasteiger partial charge in [0.15, 0.2) is 0 Å². The molecule has 0 aliphatic heterocycles. The number of benzene rings is 1. The molecule has 8 nitrogen and oxygen atoms in total. The van der Waals surface area contributed by atoms with E-state index in [9.17, 15) is 14.4 Å². The summed E-state index contributed by atoms with van der Waals surface area (Å²) >= 11 is 0. The standard InChI is InChI=1S/C30H40N2O6/c1-22(20-28(34)31-19-11-7-10-14-27(33)32-21-29(35)36)15-16-23(2)30(38-5)24(3)26(37-4)18-17-25-12-8-6-9-13-25/h6,8-20,23-24,26,30H,7,21H2,1-5H3,(H,31,34)(H,32,33)(H,35,36)/b14-10-,16-15+,18-17+,19-11-,22-20+/t23-,24+,26-,30-/m0/s1. The molecule has 1 aromatic carbocycles. The topological polar surface area (TPSA) is 114 Å². The van der Waals surface area contributed by atoms with Crippen LogP contribution < -0.4 is 10.6 Å². The lowest BCUT2D eigenvalue weighted by molar-refractivity contribution is -0.137. The summed E-state index contributed by atoms with van der Waals surface area (Å²) in [5.74, 6) is -1.72. The van der Waals surface area contributed by atoms with Gasteiger partial charge in [-0.25, -0.2) is 0 Å². The molecule has 0 aromatic heterocycles. The van der Waals surface area contributed by atoms with Crippen LogP contribution >= 0.6 is 0 Å². The Kier molecular flexibility index (Phi) is 15.7. The van der Waals surface area contributed by atoms with Gasteiger partial charge < -0.3 is 25.2 Å². The fourth-order valence-electron chi connectivity index (χ4n) is 3.73. The van der Waals surface area contributed by atoms with Crippen LogP contribution in [0.1, 0.15) is 32.8 Å².